The van der Waals surface area contributed by atoms with Gasteiger partial charge in [0, 0.05) is 24.7 Å². The van der Waals surface area contributed by atoms with Crippen LogP contribution in [0.15, 0.2) is 42.5 Å². The number of nitrogens with one attached hydrogen (secondary N) is 1. The molecule has 0 aliphatic carbocycles. The summed E-state index contributed by atoms with van der Waals surface area (Å²) in [6.07, 6.45) is -4.12. The monoisotopic (exact) mass is 467 g/mol. The Morgan fingerprint density at radius 2 is 1.73 bits per heavy atom. The van der Waals surface area contributed by atoms with Crippen molar-refractivity contribution in [3.8, 4) is 11.8 Å². The molecule has 0 atom stereocenters. The number of amides is 2. The van der Waals surface area contributed by atoms with E-state index < -0.39 is 30.2 Å². The fourth-order valence-corrected chi connectivity index (χ4v) is 3.47. The summed E-state index contributed by atoms with van der Waals surface area (Å²) < 4.78 is 67.7. The van der Waals surface area contributed by atoms with Crippen molar-refractivity contribution in [3.05, 3.63) is 59.2 Å². The summed E-state index contributed by atoms with van der Waals surface area (Å²) in [5, 5.41) is 11.8. The lowest BCUT2D eigenvalue weighted by Crippen LogP contribution is -2.41. The number of anilines is 1. The predicted molar refractivity (Wildman–Crippen MR) is 106 cm³/mol. The van der Waals surface area contributed by atoms with Crippen molar-refractivity contribution in [2.45, 2.75) is 25.6 Å². The number of benzene rings is 2. The van der Waals surface area contributed by atoms with Gasteiger partial charge in [0.2, 0.25) is 5.91 Å². The predicted octanol–water partition coefficient (Wildman–Crippen LogP) is 4.67. The summed E-state index contributed by atoms with van der Waals surface area (Å²) in [5.74, 6) is -1.54. The molecule has 6 nitrogen and oxygen atoms in total. The van der Waals surface area contributed by atoms with Crippen molar-refractivity contribution in [2.24, 2.45) is 5.92 Å². The van der Waals surface area contributed by atoms with E-state index in [-0.39, 0.29) is 48.7 Å². The SMILES string of the molecule is N#Cc1ccc(C(F)(F)F)cc1C(=O)N1CCC(C(=O)Nc2ccc(OC(F)F)cc2)CC1. The smallest absolute Gasteiger partial charge is 0.416 e. The molecule has 1 saturated heterocycles. The number of rotatable bonds is 5. The first-order valence-corrected chi connectivity index (χ1v) is 9.85. The second-order valence-corrected chi connectivity index (χ2v) is 7.33. The summed E-state index contributed by atoms with van der Waals surface area (Å²) in [7, 11) is 0. The van der Waals surface area contributed by atoms with E-state index in [1.165, 1.54) is 29.2 Å². The molecule has 0 bridgehead atoms. The van der Waals surface area contributed by atoms with Gasteiger partial charge in [-0.3, -0.25) is 9.59 Å². The number of hydrogen-bond donors (Lipinski definition) is 1. The second-order valence-electron chi connectivity index (χ2n) is 7.33. The van der Waals surface area contributed by atoms with Crippen molar-refractivity contribution in [3.63, 3.8) is 0 Å². The van der Waals surface area contributed by atoms with Gasteiger partial charge < -0.3 is 15.0 Å². The molecule has 2 aromatic carbocycles. The van der Waals surface area contributed by atoms with Crippen molar-refractivity contribution in [1.82, 2.24) is 4.90 Å². The van der Waals surface area contributed by atoms with Crippen molar-refractivity contribution in [1.29, 1.82) is 5.26 Å². The van der Waals surface area contributed by atoms with Crippen LogP contribution in [-0.2, 0) is 11.0 Å². The summed E-state index contributed by atoms with van der Waals surface area (Å²) in [5.41, 5.74) is -1.14. The molecule has 1 fully saturated rings. The van der Waals surface area contributed by atoms with Crippen LogP contribution in [0.3, 0.4) is 0 Å². The molecule has 1 aliphatic heterocycles. The molecule has 11 heteroatoms. The number of alkyl halides is 5. The van der Waals surface area contributed by atoms with Crippen LogP contribution in [0.5, 0.6) is 5.75 Å². The second kappa shape index (κ2) is 9.85. The zero-order valence-corrected chi connectivity index (χ0v) is 17.0. The summed E-state index contributed by atoms with van der Waals surface area (Å²) >= 11 is 0. The molecule has 0 unspecified atom stereocenters. The Morgan fingerprint density at radius 1 is 1.09 bits per heavy atom. The fourth-order valence-electron chi connectivity index (χ4n) is 3.47. The van der Waals surface area contributed by atoms with Crippen LogP contribution in [0.2, 0.25) is 0 Å². The number of nitriles is 1. The number of ether oxygens (including phenoxy) is 1. The van der Waals surface area contributed by atoms with E-state index in [0.717, 1.165) is 12.1 Å². The maximum Gasteiger partial charge on any atom is 0.416 e. The van der Waals surface area contributed by atoms with Crippen LogP contribution in [-0.4, -0.2) is 36.4 Å². The average Bonchev–Trinajstić information content (AvgIpc) is 2.78. The standard InChI is InChI=1S/C22H18F5N3O3/c23-21(24)33-17-5-3-16(4-6-17)29-19(31)13-7-9-30(10-8-13)20(32)18-11-15(22(25,26)27)2-1-14(18)12-28/h1-6,11,13,21H,7-10H2,(H,29,31). The molecule has 174 valence electrons. The lowest BCUT2D eigenvalue weighted by atomic mass is 9.94. The van der Waals surface area contributed by atoms with Gasteiger partial charge in [0.25, 0.3) is 5.91 Å². The van der Waals surface area contributed by atoms with Crippen LogP contribution in [0.25, 0.3) is 0 Å². The highest BCUT2D eigenvalue weighted by Gasteiger charge is 2.33. The van der Waals surface area contributed by atoms with Crippen molar-refractivity contribution < 1.29 is 36.3 Å². The zero-order chi connectivity index (χ0) is 24.2. The minimum absolute atomic E-state index is 0.0545. The largest absolute Gasteiger partial charge is 0.435 e. The number of likely N-dealkylation sites (tertiary alicyclic amines) is 1. The minimum atomic E-state index is -4.65. The molecule has 0 spiro atoms. The van der Waals surface area contributed by atoms with Gasteiger partial charge in [-0.05, 0) is 55.3 Å². The fraction of sp³-hybridized carbons (Fsp3) is 0.318. The molecule has 1 aliphatic rings. The first kappa shape index (κ1) is 24.0. The number of carbonyl (C=O) groups excluding carboxylic acids is 2. The molecule has 0 saturated carbocycles. The Morgan fingerprint density at radius 3 is 2.27 bits per heavy atom. The molecular weight excluding hydrogens is 449 g/mol. The maximum atomic E-state index is 13.0. The Kier molecular flexibility index (Phi) is 7.16. The van der Waals surface area contributed by atoms with Gasteiger partial charge in [-0.2, -0.15) is 27.2 Å². The minimum Gasteiger partial charge on any atom is -0.435 e. The van der Waals surface area contributed by atoms with Gasteiger partial charge in [-0.15, -0.1) is 0 Å². The Balaban J connectivity index is 1.61. The third kappa shape index (κ3) is 5.97. The molecule has 0 aromatic heterocycles. The van der Waals surface area contributed by atoms with Crippen LogP contribution >= 0.6 is 0 Å². The third-order valence-electron chi connectivity index (χ3n) is 5.20. The molecule has 33 heavy (non-hydrogen) atoms. The normalized spacial score (nSPS) is 14.6. The molecule has 2 aromatic rings. The van der Waals surface area contributed by atoms with Gasteiger partial charge >= 0.3 is 12.8 Å². The van der Waals surface area contributed by atoms with Crippen molar-refractivity contribution in [2.75, 3.05) is 18.4 Å². The third-order valence-corrected chi connectivity index (χ3v) is 5.20. The number of nitrogens with zero attached hydrogens (tertiary/aromatic N) is 2. The first-order chi connectivity index (χ1) is 15.6. The van der Waals surface area contributed by atoms with Crippen LogP contribution in [0, 0.1) is 17.2 Å². The molecule has 1 heterocycles. The van der Waals surface area contributed by atoms with Crippen LogP contribution in [0.1, 0.15) is 34.3 Å². The maximum absolute atomic E-state index is 13.0. The molecule has 3 rings (SSSR count). The van der Waals surface area contributed by atoms with Crippen LogP contribution in [0.4, 0.5) is 27.6 Å². The first-order valence-electron chi connectivity index (χ1n) is 9.85. The lowest BCUT2D eigenvalue weighted by molar-refractivity contribution is -0.137. The van der Waals surface area contributed by atoms with Gasteiger partial charge in [0.05, 0.1) is 22.8 Å². The highest BCUT2D eigenvalue weighted by molar-refractivity contribution is 5.97. The number of carbonyl (C=O) groups is 2. The van der Waals surface area contributed by atoms with Gasteiger partial charge in [0.15, 0.2) is 0 Å². The van der Waals surface area contributed by atoms with Crippen molar-refractivity contribution >= 4 is 17.5 Å². The topological polar surface area (TPSA) is 82.4 Å². The zero-order valence-electron chi connectivity index (χ0n) is 17.0. The number of piperidine rings is 1. The summed E-state index contributed by atoms with van der Waals surface area (Å²) in [4.78, 5) is 26.6. The molecule has 2 amide bonds. The van der Waals surface area contributed by atoms with E-state index in [1.54, 1.807) is 6.07 Å². The Bertz CT molecular complexity index is 1060. The highest BCUT2D eigenvalue weighted by atomic mass is 19.4. The quantitative estimate of drug-likeness (QED) is 0.648. The number of hydrogen-bond acceptors (Lipinski definition) is 4. The van der Waals surface area contributed by atoms with Gasteiger partial charge in [0.1, 0.15) is 5.75 Å². The Hall–Kier alpha value is -3.68. The van der Waals surface area contributed by atoms with E-state index in [2.05, 4.69) is 10.1 Å². The van der Waals surface area contributed by atoms with E-state index in [4.69, 9.17) is 0 Å². The van der Waals surface area contributed by atoms with E-state index in [9.17, 15) is 36.8 Å². The van der Waals surface area contributed by atoms with Crippen LogP contribution < -0.4 is 10.1 Å². The summed E-state index contributed by atoms with van der Waals surface area (Å²) in [6.45, 7) is -2.71. The van der Waals surface area contributed by atoms with E-state index >= 15 is 0 Å². The highest BCUT2D eigenvalue weighted by Crippen LogP contribution is 2.31. The molecule has 0 radical (unpaired) electrons. The molecule has 1 N–H and O–H groups in total. The number of halogens is 5. The Labute approximate surface area is 185 Å². The summed E-state index contributed by atoms with van der Waals surface area (Å²) in [6, 6.07) is 9.50. The van der Waals surface area contributed by atoms with E-state index in [0.29, 0.717) is 11.8 Å². The molecular formula is C22H18F5N3O3. The average molecular weight is 467 g/mol. The van der Waals surface area contributed by atoms with Gasteiger partial charge in [-0.25, -0.2) is 0 Å². The van der Waals surface area contributed by atoms with Gasteiger partial charge in [-0.1, -0.05) is 0 Å². The lowest BCUT2D eigenvalue weighted by Gasteiger charge is -2.31. The van der Waals surface area contributed by atoms with E-state index in [1.807, 2.05) is 0 Å².